The van der Waals surface area contributed by atoms with Crippen molar-refractivity contribution in [3.05, 3.63) is 30.2 Å². The highest BCUT2D eigenvalue weighted by atomic mass is 32.2. The molecule has 124 valence electrons. The fourth-order valence-electron chi connectivity index (χ4n) is 2.45. The van der Waals surface area contributed by atoms with Crippen LogP contribution in [0.1, 0.15) is 24.9 Å². The van der Waals surface area contributed by atoms with Gasteiger partial charge in [0, 0.05) is 22.4 Å². The number of benzene rings is 1. The third-order valence-electron chi connectivity index (χ3n) is 3.63. The van der Waals surface area contributed by atoms with Gasteiger partial charge in [0.15, 0.2) is 6.17 Å². The molecule has 1 aliphatic rings. The minimum absolute atomic E-state index is 0.00288. The summed E-state index contributed by atoms with van der Waals surface area (Å²) in [6.45, 7) is 0. The molecule has 0 aliphatic heterocycles. The van der Waals surface area contributed by atoms with Crippen LogP contribution in [0, 0.1) is 5.92 Å². The first kappa shape index (κ1) is 16.3. The molecule has 2 N–H and O–H groups in total. The SMILES string of the molecule is NC1CC(C(F)c2nc(-c3cccc(SC(F)(F)F)c3)no2)C1. The Morgan fingerprint density at radius 3 is 2.70 bits per heavy atom. The molecule has 1 aromatic carbocycles. The Bertz CT molecular complexity index is 685. The minimum Gasteiger partial charge on any atom is -0.336 e. The highest BCUT2D eigenvalue weighted by molar-refractivity contribution is 8.00. The molecule has 9 heteroatoms. The summed E-state index contributed by atoms with van der Waals surface area (Å²) in [5, 5.41) is 3.66. The predicted molar refractivity (Wildman–Crippen MR) is 76.2 cm³/mol. The summed E-state index contributed by atoms with van der Waals surface area (Å²) in [5.41, 5.74) is 1.58. The van der Waals surface area contributed by atoms with Gasteiger partial charge < -0.3 is 10.3 Å². The maximum absolute atomic E-state index is 14.2. The first-order valence-corrected chi connectivity index (χ1v) is 7.73. The van der Waals surface area contributed by atoms with Crippen molar-refractivity contribution in [2.24, 2.45) is 11.7 Å². The molecule has 0 bridgehead atoms. The van der Waals surface area contributed by atoms with Crippen molar-refractivity contribution in [2.45, 2.75) is 35.5 Å². The minimum atomic E-state index is -4.38. The predicted octanol–water partition coefficient (Wildman–Crippen LogP) is 4.10. The number of alkyl halides is 4. The number of hydrogen-bond donors (Lipinski definition) is 1. The molecule has 1 heterocycles. The number of aromatic nitrogens is 2. The van der Waals surface area contributed by atoms with Crippen molar-refractivity contribution in [3.8, 4) is 11.4 Å². The molecule has 1 fully saturated rings. The van der Waals surface area contributed by atoms with E-state index in [1.165, 1.54) is 18.2 Å². The van der Waals surface area contributed by atoms with Gasteiger partial charge in [-0.1, -0.05) is 17.3 Å². The van der Waals surface area contributed by atoms with E-state index in [0.717, 1.165) is 0 Å². The largest absolute Gasteiger partial charge is 0.446 e. The molecule has 1 unspecified atom stereocenters. The average Bonchev–Trinajstić information content (AvgIpc) is 2.91. The number of nitrogens with zero attached hydrogens (tertiary/aromatic N) is 2. The van der Waals surface area contributed by atoms with Gasteiger partial charge in [-0.3, -0.25) is 0 Å². The Morgan fingerprint density at radius 1 is 1.30 bits per heavy atom. The standard InChI is InChI=1S/C14H13F4N3OS/c15-11(8-4-9(19)5-8)13-20-12(21-22-13)7-2-1-3-10(6-7)23-14(16,17)18/h1-3,6,8-9,11H,4-5,19H2. The molecule has 0 saturated heterocycles. The van der Waals surface area contributed by atoms with Crippen LogP contribution in [0.3, 0.4) is 0 Å². The van der Waals surface area contributed by atoms with E-state index in [0.29, 0.717) is 18.4 Å². The zero-order chi connectivity index (χ0) is 16.6. The van der Waals surface area contributed by atoms with Crippen LogP contribution in [-0.2, 0) is 0 Å². The smallest absolute Gasteiger partial charge is 0.336 e. The van der Waals surface area contributed by atoms with Crippen LogP contribution in [-0.4, -0.2) is 21.7 Å². The van der Waals surface area contributed by atoms with Gasteiger partial charge in [-0.15, -0.1) is 0 Å². The van der Waals surface area contributed by atoms with Gasteiger partial charge in [0.25, 0.3) is 5.89 Å². The number of nitrogens with two attached hydrogens (primary N) is 1. The van der Waals surface area contributed by atoms with E-state index in [9.17, 15) is 17.6 Å². The molecule has 23 heavy (non-hydrogen) atoms. The summed E-state index contributed by atoms with van der Waals surface area (Å²) < 4.78 is 56.3. The lowest BCUT2D eigenvalue weighted by molar-refractivity contribution is -0.0328. The Labute approximate surface area is 133 Å². The van der Waals surface area contributed by atoms with Gasteiger partial charge >= 0.3 is 5.51 Å². The van der Waals surface area contributed by atoms with Crippen molar-refractivity contribution in [3.63, 3.8) is 0 Å². The summed E-state index contributed by atoms with van der Waals surface area (Å²) in [6, 6.07) is 5.62. The molecule has 0 amide bonds. The zero-order valence-corrected chi connectivity index (χ0v) is 12.6. The molecular weight excluding hydrogens is 334 g/mol. The lowest BCUT2D eigenvalue weighted by atomic mass is 9.78. The molecule has 3 rings (SSSR count). The number of rotatable bonds is 4. The highest BCUT2D eigenvalue weighted by Gasteiger charge is 2.37. The average molecular weight is 347 g/mol. The maximum atomic E-state index is 14.2. The van der Waals surface area contributed by atoms with Gasteiger partial charge in [-0.05, 0) is 36.7 Å². The van der Waals surface area contributed by atoms with E-state index in [-0.39, 0.29) is 40.3 Å². The van der Waals surface area contributed by atoms with Crippen LogP contribution in [0.5, 0.6) is 0 Å². The molecular formula is C14H13F4N3OS. The fourth-order valence-corrected chi connectivity index (χ4v) is 3.05. The highest BCUT2D eigenvalue weighted by Crippen LogP contribution is 2.40. The van der Waals surface area contributed by atoms with Crippen LogP contribution < -0.4 is 5.73 Å². The second-order valence-electron chi connectivity index (χ2n) is 5.43. The van der Waals surface area contributed by atoms with E-state index in [2.05, 4.69) is 10.1 Å². The summed E-state index contributed by atoms with van der Waals surface area (Å²) >= 11 is -0.234. The molecule has 1 saturated carbocycles. The lowest BCUT2D eigenvalue weighted by Gasteiger charge is -2.33. The zero-order valence-electron chi connectivity index (χ0n) is 11.8. The van der Waals surface area contributed by atoms with Gasteiger partial charge in [0.1, 0.15) is 0 Å². The number of halogens is 4. The van der Waals surface area contributed by atoms with Crippen LogP contribution >= 0.6 is 11.8 Å². The van der Waals surface area contributed by atoms with Crippen LogP contribution in [0.25, 0.3) is 11.4 Å². The van der Waals surface area contributed by atoms with Crippen molar-refractivity contribution < 1.29 is 22.1 Å². The second-order valence-corrected chi connectivity index (χ2v) is 6.56. The third kappa shape index (κ3) is 3.84. The van der Waals surface area contributed by atoms with Gasteiger partial charge in [-0.2, -0.15) is 18.2 Å². The van der Waals surface area contributed by atoms with E-state index < -0.39 is 11.7 Å². The van der Waals surface area contributed by atoms with E-state index in [4.69, 9.17) is 10.3 Å². The summed E-state index contributed by atoms with van der Waals surface area (Å²) in [4.78, 5) is 3.96. The Hall–Kier alpha value is -1.61. The first-order chi connectivity index (χ1) is 10.8. The van der Waals surface area contributed by atoms with Crippen LogP contribution in [0.4, 0.5) is 17.6 Å². The van der Waals surface area contributed by atoms with Crippen molar-refractivity contribution in [1.82, 2.24) is 10.1 Å². The Balaban J connectivity index is 1.76. The topological polar surface area (TPSA) is 64.9 Å². The van der Waals surface area contributed by atoms with Crippen molar-refractivity contribution in [2.75, 3.05) is 0 Å². The van der Waals surface area contributed by atoms with Crippen LogP contribution in [0.15, 0.2) is 33.7 Å². The molecule has 1 aromatic heterocycles. The van der Waals surface area contributed by atoms with E-state index >= 15 is 0 Å². The molecule has 2 aromatic rings. The number of hydrogen-bond acceptors (Lipinski definition) is 5. The van der Waals surface area contributed by atoms with Crippen LogP contribution in [0.2, 0.25) is 0 Å². The van der Waals surface area contributed by atoms with E-state index in [1.807, 2.05) is 0 Å². The molecule has 4 nitrogen and oxygen atoms in total. The normalized spacial score (nSPS) is 22.7. The quantitative estimate of drug-likeness (QED) is 0.666. The maximum Gasteiger partial charge on any atom is 0.446 e. The lowest BCUT2D eigenvalue weighted by Crippen LogP contribution is -2.38. The Morgan fingerprint density at radius 2 is 2.04 bits per heavy atom. The van der Waals surface area contributed by atoms with Gasteiger partial charge in [0.05, 0.1) is 0 Å². The Kier molecular flexibility index (Phi) is 4.33. The first-order valence-electron chi connectivity index (χ1n) is 6.91. The summed E-state index contributed by atoms with van der Waals surface area (Å²) in [6.07, 6.45) is -0.295. The third-order valence-corrected chi connectivity index (χ3v) is 4.35. The fraction of sp³-hybridized carbons (Fsp3) is 0.429. The van der Waals surface area contributed by atoms with Gasteiger partial charge in [-0.25, -0.2) is 4.39 Å². The summed E-state index contributed by atoms with van der Waals surface area (Å²) in [5.74, 6) is -0.341. The number of thioether (sulfide) groups is 1. The molecule has 1 aliphatic carbocycles. The van der Waals surface area contributed by atoms with Crippen molar-refractivity contribution >= 4 is 11.8 Å². The van der Waals surface area contributed by atoms with Gasteiger partial charge in [0.2, 0.25) is 5.82 Å². The van der Waals surface area contributed by atoms with E-state index in [1.54, 1.807) is 6.07 Å². The molecule has 0 spiro atoms. The molecule has 1 atom stereocenters. The monoisotopic (exact) mass is 347 g/mol. The summed E-state index contributed by atoms with van der Waals surface area (Å²) in [7, 11) is 0. The second kappa shape index (κ2) is 6.12. The molecule has 0 radical (unpaired) electrons. The van der Waals surface area contributed by atoms with Crippen molar-refractivity contribution in [1.29, 1.82) is 0 Å².